The Morgan fingerprint density at radius 3 is 2.77 bits per heavy atom. The number of aryl methyl sites for hydroxylation is 1. The van der Waals surface area contributed by atoms with Gasteiger partial charge < -0.3 is 10.2 Å². The van der Waals surface area contributed by atoms with Crippen molar-refractivity contribution in [1.82, 2.24) is 9.97 Å². The SMILES string of the molecule is Cc1sc2ncnc(N3CCCC3)c2c1C(=O)Nc1cccc(Cl)c1C. The molecular weight excluding hydrogens is 368 g/mol. The molecule has 4 rings (SSSR count). The molecular formula is C19H19ClN4OS. The first kappa shape index (κ1) is 17.2. The Morgan fingerprint density at radius 1 is 1.23 bits per heavy atom. The molecule has 1 amide bonds. The van der Waals surface area contributed by atoms with Crippen LogP contribution in [0.3, 0.4) is 0 Å². The predicted molar refractivity (Wildman–Crippen MR) is 108 cm³/mol. The van der Waals surface area contributed by atoms with Gasteiger partial charge >= 0.3 is 0 Å². The molecule has 0 saturated carbocycles. The quantitative estimate of drug-likeness (QED) is 0.701. The van der Waals surface area contributed by atoms with Gasteiger partial charge in [-0.15, -0.1) is 11.3 Å². The topological polar surface area (TPSA) is 58.1 Å². The van der Waals surface area contributed by atoms with Crippen LogP contribution < -0.4 is 10.2 Å². The van der Waals surface area contributed by atoms with E-state index in [-0.39, 0.29) is 5.91 Å². The number of carbonyl (C=O) groups excluding carboxylic acids is 1. The molecule has 1 aliphatic rings. The summed E-state index contributed by atoms with van der Waals surface area (Å²) in [7, 11) is 0. The van der Waals surface area contributed by atoms with Crippen molar-refractivity contribution in [2.75, 3.05) is 23.3 Å². The third-order valence-electron chi connectivity index (χ3n) is 4.79. The minimum Gasteiger partial charge on any atom is -0.356 e. The number of amides is 1. The van der Waals surface area contributed by atoms with Crippen molar-refractivity contribution in [3.05, 3.63) is 45.6 Å². The molecule has 1 N–H and O–H groups in total. The van der Waals surface area contributed by atoms with E-state index >= 15 is 0 Å². The van der Waals surface area contributed by atoms with Gasteiger partial charge in [0.15, 0.2) is 0 Å². The summed E-state index contributed by atoms with van der Waals surface area (Å²) in [5.41, 5.74) is 2.24. The number of hydrogen-bond acceptors (Lipinski definition) is 5. The van der Waals surface area contributed by atoms with Gasteiger partial charge in [-0.3, -0.25) is 4.79 Å². The van der Waals surface area contributed by atoms with E-state index in [0.29, 0.717) is 10.6 Å². The van der Waals surface area contributed by atoms with E-state index in [1.807, 2.05) is 32.0 Å². The lowest BCUT2D eigenvalue weighted by Crippen LogP contribution is -2.20. The summed E-state index contributed by atoms with van der Waals surface area (Å²) in [5, 5.41) is 4.50. The molecule has 26 heavy (non-hydrogen) atoms. The van der Waals surface area contributed by atoms with Crippen LogP contribution in [0.2, 0.25) is 5.02 Å². The van der Waals surface area contributed by atoms with Gasteiger partial charge in [-0.25, -0.2) is 9.97 Å². The number of fused-ring (bicyclic) bond motifs is 1. The van der Waals surface area contributed by atoms with Gasteiger partial charge in [0.1, 0.15) is 17.0 Å². The smallest absolute Gasteiger partial charge is 0.257 e. The number of hydrogen-bond donors (Lipinski definition) is 1. The van der Waals surface area contributed by atoms with E-state index in [9.17, 15) is 4.79 Å². The Kier molecular flexibility index (Phi) is 4.54. The molecule has 1 aliphatic heterocycles. The lowest BCUT2D eigenvalue weighted by atomic mass is 10.1. The van der Waals surface area contributed by atoms with E-state index in [4.69, 9.17) is 11.6 Å². The monoisotopic (exact) mass is 386 g/mol. The summed E-state index contributed by atoms with van der Waals surface area (Å²) in [5.74, 6) is 0.721. The number of nitrogens with one attached hydrogen (secondary N) is 1. The third-order valence-corrected chi connectivity index (χ3v) is 6.22. The summed E-state index contributed by atoms with van der Waals surface area (Å²) in [6.45, 7) is 5.79. The van der Waals surface area contributed by atoms with Gasteiger partial charge in [0.2, 0.25) is 0 Å². The van der Waals surface area contributed by atoms with Crippen LogP contribution in [-0.4, -0.2) is 29.0 Å². The highest BCUT2D eigenvalue weighted by Gasteiger charge is 2.25. The van der Waals surface area contributed by atoms with Gasteiger partial charge in [0.05, 0.1) is 10.9 Å². The number of aromatic nitrogens is 2. The zero-order valence-electron chi connectivity index (χ0n) is 14.7. The number of halogens is 1. The highest BCUT2D eigenvalue weighted by Crippen LogP contribution is 2.36. The average molecular weight is 387 g/mol. The molecule has 2 aromatic heterocycles. The fourth-order valence-corrected chi connectivity index (χ4v) is 4.56. The van der Waals surface area contributed by atoms with Gasteiger partial charge in [-0.2, -0.15) is 0 Å². The van der Waals surface area contributed by atoms with E-state index < -0.39 is 0 Å². The number of nitrogens with zero attached hydrogens (tertiary/aromatic N) is 3. The fourth-order valence-electron chi connectivity index (χ4n) is 3.40. The van der Waals surface area contributed by atoms with E-state index in [1.165, 1.54) is 11.3 Å². The van der Waals surface area contributed by atoms with Crippen molar-refractivity contribution in [3.8, 4) is 0 Å². The number of anilines is 2. The Hall–Kier alpha value is -2.18. The van der Waals surface area contributed by atoms with Crippen LogP contribution in [0.4, 0.5) is 11.5 Å². The molecule has 1 fully saturated rings. The lowest BCUT2D eigenvalue weighted by Gasteiger charge is -2.18. The molecule has 0 bridgehead atoms. The van der Waals surface area contributed by atoms with Crippen LogP contribution in [-0.2, 0) is 0 Å². The van der Waals surface area contributed by atoms with Crippen LogP contribution in [0.25, 0.3) is 10.2 Å². The number of rotatable bonds is 3. The molecule has 3 heterocycles. The highest BCUT2D eigenvalue weighted by atomic mass is 35.5. The van der Waals surface area contributed by atoms with Crippen molar-refractivity contribution in [3.63, 3.8) is 0 Å². The van der Waals surface area contributed by atoms with Crippen molar-refractivity contribution in [1.29, 1.82) is 0 Å². The fraction of sp³-hybridized carbons (Fsp3) is 0.316. The molecule has 0 atom stereocenters. The first-order valence-corrected chi connectivity index (χ1v) is 9.81. The molecule has 5 nitrogen and oxygen atoms in total. The van der Waals surface area contributed by atoms with Crippen LogP contribution in [0.1, 0.15) is 33.6 Å². The zero-order valence-corrected chi connectivity index (χ0v) is 16.2. The third kappa shape index (κ3) is 2.93. The Balaban J connectivity index is 1.79. The normalized spacial score (nSPS) is 14.2. The maximum absolute atomic E-state index is 13.1. The second-order valence-electron chi connectivity index (χ2n) is 6.47. The van der Waals surface area contributed by atoms with Crippen LogP contribution in [0, 0.1) is 13.8 Å². The first-order chi connectivity index (χ1) is 12.6. The maximum Gasteiger partial charge on any atom is 0.257 e. The van der Waals surface area contributed by atoms with Crippen LogP contribution in [0.15, 0.2) is 24.5 Å². The number of carbonyl (C=O) groups is 1. The summed E-state index contributed by atoms with van der Waals surface area (Å²) in [4.78, 5) is 26.1. The van der Waals surface area contributed by atoms with Crippen LogP contribution >= 0.6 is 22.9 Å². The van der Waals surface area contributed by atoms with Gasteiger partial charge in [-0.05, 0) is 44.4 Å². The molecule has 134 valence electrons. The second-order valence-corrected chi connectivity index (χ2v) is 8.08. The van der Waals surface area contributed by atoms with Crippen molar-refractivity contribution in [2.45, 2.75) is 26.7 Å². The zero-order chi connectivity index (χ0) is 18.3. The van der Waals surface area contributed by atoms with Crippen LogP contribution in [0.5, 0.6) is 0 Å². The molecule has 1 aromatic carbocycles. The Bertz CT molecular complexity index is 995. The first-order valence-electron chi connectivity index (χ1n) is 8.62. The van der Waals surface area contributed by atoms with Gasteiger partial charge in [-0.1, -0.05) is 17.7 Å². The van der Waals surface area contributed by atoms with Crippen molar-refractivity contribution < 1.29 is 4.79 Å². The van der Waals surface area contributed by atoms with Crippen molar-refractivity contribution in [2.24, 2.45) is 0 Å². The summed E-state index contributed by atoms with van der Waals surface area (Å²) < 4.78 is 0. The largest absolute Gasteiger partial charge is 0.356 e. The minimum absolute atomic E-state index is 0.144. The summed E-state index contributed by atoms with van der Waals surface area (Å²) in [6, 6.07) is 5.51. The summed E-state index contributed by atoms with van der Waals surface area (Å²) in [6.07, 6.45) is 3.89. The number of benzene rings is 1. The maximum atomic E-state index is 13.1. The van der Waals surface area contributed by atoms with E-state index in [0.717, 1.165) is 58.1 Å². The number of thiophene rings is 1. The Labute approximate surface area is 161 Å². The standard InChI is InChI=1S/C19H19ClN4OS/c1-11-13(20)6-5-7-14(11)23-18(25)15-12(2)26-19-16(15)17(21-10-22-19)24-8-3-4-9-24/h5-7,10H,3-4,8-9H2,1-2H3,(H,23,25). The molecule has 0 aliphatic carbocycles. The van der Waals surface area contributed by atoms with E-state index in [1.54, 1.807) is 6.33 Å². The molecule has 0 radical (unpaired) electrons. The Morgan fingerprint density at radius 2 is 2.00 bits per heavy atom. The summed E-state index contributed by atoms with van der Waals surface area (Å²) >= 11 is 7.72. The van der Waals surface area contributed by atoms with Gasteiger partial charge in [0.25, 0.3) is 5.91 Å². The van der Waals surface area contributed by atoms with Gasteiger partial charge in [0, 0.05) is 28.7 Å². The average Bonchev–Trinajstić information content (AvgIpc) is 3.25. The van der Waals surface area contributed by atoms with E-state index in [2.05, 4.69) is 20.2 Å². The molecule has 1 saturated heterocycles. The molecule has 0 unspecified atom stereocenters. The molecule has 7 heteroatoms. The van der Waals surface area contributed by atoms with Crippen molar-refractivity contribution >= 4 is 50.6 Å². The predicted octanol–water partition coefficient (Wildman–Crippen LogP) is 4.81. The second kappa shape index (κ2) is 6.85. The molecule has 0 spiro atoms. The molecule has 3 aromatic rings. The highest BCUT2D eigenvalue weighted by molar-refractivity contribution is 7.19. The lowest BCUT2D eigenvalue weighted by molar-refractivity contribution is 0.102. The minimum atomic E-state index is -0.144.